The number of nitrogens with one attached hydrogen (secondary N) is 1. The number of aryl methyl sites for hydroxylation is 3. The minimum absolute atomic E-state index is 0.0778. The Morgan fingerprint density at radius 2 is 2.23 bits per heavy atom. The molecule has 3 heterocycles. The van der Waals surface area contributed by atoms with Crippen LogP contribution in [0.2, 0.25) is 0 Å². The van der Waals surface area contributed by atoms with Crippen LogP contribution >= 0.6 is 11.3 Å². The van der Waals surface area contributed by atoms with Crippen LogP contribution in [0, 0.1) is 13.8 Å². The molecular formula is C15H18N4O2S. The molecule has 2 amide bonds. The first kappa shape index (κ1) is 14.8. The predicted octanol–water partition coefficient (Wildman–Crippen LogP) is 1.63. The molecule has 0 unspecified atom stereocenters. The quantitative estimate of drug-likeness (QED) is 0.935. The Morgan fingerprint density at radius 3 is 2.82 bits per heavy atom. The maximum Gasteiger partial charge on any atom is 0.253 e. The van der Waals surface area contributed by atoms with Gasteiger partial charge >= 0.3 is 0 Å². The summed E-state index contributed by atoms with van der Waals surface area (Å²) in [5.41, 5.74) is 1.43. The average Bonchev–Trinajstić information content (AvgIpc) is 3.11. The number of thiophene rings is 1. The van der Waals surface area contributed by atoms with E-state index in [0.717, 1.165) is 15.4 Å². The van der Waals surface area contributed by atoms with Crippen LogP contribution in [0.25, 0.3) is 0 Å². The molecule has 116 valence electrons. The molecule has 1 N–H and O–H groups in total. The van der Waals surface area contributed by atoms with Crippen LogP contribution in [0.3, 0.4) is 0 Å². The second-order valence-corrected chi connectivity index (χ2v) is 6.96. The summed E-state index contributed by atoms with van der Waals surface area (Å²) < 4.78 is 1.66. The monoisotopic (exact) mass is 318 g/mol. The van der Waals surface area contributed by atoms with Gasteiger partial charge in [0, 0.05) is 29.5 Å². The van der Waals surface area contributed by atoms with Crippen molar-refractivity contribution in [1.82, 2.24) is 15.1 Å². The zero-order chi connectivity index (χ0) is 15.9. The number of aromatic nitrogens is 2. The van der Waals surface area contributed by atoms with Gasteiger partial charge in [-0.15, -0.1) is 11.3 Å². The molecule has 0 aromatic carbocycles. The van der Waals surface area contributed by atoms with Gasteiger partial charge in [0.25, 0.3) is 5.91 Å². The van der Waals surface area contributed by atoms with E-state index in [0.29, 0.717) is 18.5 Å². The normalized spacial score (nSPS) is 18.0. The highest BCUT2D eigenvalue weighted by Crippen LogP contribution is 2.23. The Balaban J connectivity index is 1.70. The Hall–Kier alpha value is -2.15. The number of carbonyl (C=O) groups is 2. The first-order valence-electron chi connectivity index (χ1n) is 7.13. The van der Waals surface area contributed by atoms with Gasteiger partial charge in [0.2, 0.25) is 5.91 Å². The van der Waals surface area contributed by atoms with Gasteiger partial charge < -0.3 is 10.2 Å². The lowest BCUT2D eigenvalue weighted by molar-refractivity contribution is -0.118. The molecule has 1 aliphatic rings. The molecule has 0 saturated carbocycles. The number of carbonyl (C=O) groups excluding carboxylic acids is 2. The van der Waals surface area contributed by atoms with E-state index in [1.807, 2.05) is 27.0 Å². The fourth-order valence-corrected chi connectivity index (χ4v) is 3.63. The lowest BCUT2D eigenvalue weighted by Crippen LogP contribution is -2.41. The predicted molar refractivity (Wildman–Crippen MR) is 85.2 cm³/mol. The van der Waals surface area contributed by atoms with E-state index < -0.39 is 6.04 Å². The van der Waals surface area contributed by atoms with Gasteiger partial charge in [-0.2, -0.15) is 5.10 Å². The van der Waals surface area contributed by atoms with Crippen molar-refractivity contribution in [3.8, 4) is 0 Å². The summed E-state index contributed by atoms with van der Waals surface area (Å²) >= 11 is 1.59. The fraction of sp³-hybridized carbons (Fsp3) is 0.400. The molecule has 3 rings (SSSR count). The van der Waals surface area contributed by atoms with Crippen molar-refractivity contribution in [2.24, 2.45) is 7.05 Å². The fourth-order valence-electron chi connectivity index (χ4n) is 2.71. The van der Waals surface area contributed by atoms with Gasteiger partial charge in [-0.1, -0.05) is 0 Å². The number of nitrogens with zero attached hydrogens (tertiary/aromatic N) is 3. The Bertz CT molecular complexity index is 734. The first-order valence-corrected chi connectivity index (χ1v) is 7.95. The van der Waals surface area contributed by atoms with E-state index in [1.54, 1.807) is 33.3 Å². The second kappa shape index (κ2) is 5.57. The van der Waals surface area contributed by atoms with E-state index in [-0.39, 0.29) is 11.8 Å². The van der Waals surface area contributed by atoms with Crippen molar-refractivity contribution < 1.29 is 9.59 Å². The summed E-state index contributed by atoms with van der Waals surface area (Å²) in [6, 6.07) is 1.40. The van der Waals surface area contributed by atoms with Gasteiger partial charge in [-0.3, -0.25) is 14.3 Å². The van der Waals surface area contributed by atoms with E-state index in [2.05, 4.69) is 10.4 Å². The van der Waals surface area contributed by atoms with E-state index in [4.69, 9.17) is 0 Å². The van der Waals surface area contributed by atoms with Crippen molar-refractivity contribution in [1.29, 1.82) is 0 Å². The van der Waals surface area contributed by atoms with E-state index >= 15 is 0 Å². The Morgan fingerprint density at radius 1 is 1.45 bits per heavy atom. The standard InChI is InChI=1S/C15H18N4O2S/c1-9-6-12(10(2)22-9)14(20)17-13-4-5-19(15(13)21)11-7-16-18(3)8-11/h6-8,13H,4-5H2,1-3H3,(H,17,20)/t13-/m1/s1. The topological polar surface area (TPSA) is 67.2 Å². The first-order chi connectivity index (χ1) is 10.5. The molecule has 7 heteroatoms. The average molecular weight is 318 g/mol. The molecule has 0 aliphatic carbocycles. The lowest BCUT2D eigenvalue weighted by atomic mass is 10.2. The highest BCUT2D eigenvalue weighted by atomic mass is 32.1. The number of rotatable bonds is 3. The minimum atomic E-state index is -0.465. The summed E-state index contributed by atoms with van der Waals surface area (Å²) in [5, 5.41) is 6.94. The molecule has 0 spiro atoms. The Labute approximate surface area is 132 Å². The van der Waals surface area contributed by atoms with Crippen LogP contribution in [-0.2, 0) is 11.8 Å². The van der Waals surface area contributed by atoms with Crippen molar-refractivity contribution in [3.63, 3.8) is 0 Å². The summed E-state index contributed by atoms with van der Waals surface area (Å²) in [5.74, 6) is -0.251. The summed E-state index contributed by atoms with van der Waals surface area (Å²) in [7, 11) is 1.81. The molecule has 0 radical (unpaired) electrons. The maximum absolute atomic E-state index is 12.4. The number of hydrogen-bond acceptors (Lipinski definition) is 4. The molecule has 22 heavy (non-hydrogen) atoms. The number of hydrogen-bond donors (Lipinski definition) is 1. The van der Waals surface area contributed by atoms with Crippen LogP contribution in [0.1, 0.15) is 26.5 Å². The molecule has 2 aromatic rings. The molecule has 2 aromatic heterocycles. The van der Waals surface area contributed by atoms with Gasteiger partial charge in [0.15, 0.2) is 0 Å². The number of amides is 2. The lowest BCUT2D eigenvalue weighted by Gasteiger charge is -2.15. The van der Waals surface area contributed by atoms with Crippen LogP contribution in [0.4, 0.5) is 5.69 Å². The summed E-state index contributed by atoms with van der Waals surface area (Å²) in [6.07, 6.45) is 4.07. The SMILES string of the molecule is Cc1cc(C(=O)N[C@@H]2CCN(c3cnn(C)c3)C2=O)c(C)s1. The third-order valence-electron chi connectivity index (χ3n) is 3.80. The van der Waals surface area contributed by atoms with Crippen LogP contribution in [-0.4, -0.2) is 34.2 Å². The molecule has 1 saturated heterocycles. The highest BCUT2D eigenvalue weighted by Gasteiger charge is 2.34. The van der Waals surface area contributed by atoms with Crippen LogP contribution in [0.15, 0.2) is 18.5 Å². The van der Waals surface area contributed by atoms with Crippen LogP contribution < -0.4 is 10.2 Å². The smallest absolute Gasteiger partial charge is 0.253 e. The van der Waals surface area contributed by atoms with E-state index in [9.17, 15) is 9.59 Å². The third-order valence-corrected chi connectivity index (χ3v) is 4.77. The third kappa shape index (κ3) is 2.64. The van der Waals surface area contributed by atoms with Gasteiger partial charge in [0.1, 0.15) is 6.04 Å². The van der Waals surface area contributed by atoms with Crippen molar-refractivity contribution >= 4 is 28.8 Å². The van der Waals surface area contributed by atoms with E-state index in [1.165, 1.54) is 0 Å². The van der Waals surface area contributed by atoms with Gasteiger partial charge in [0.05, 0.1) is 17.4 Å². The van der Waals surface area contributed by atoms with Gasteiger partial charge in [-0.05, 0) is 26.3 Å². The maximum atomic E-state index is 12.4. The highest BCUT2D eigenvalue weighted by molar-refractivity contribution is 7.12. The van der Waals surface area contributed by atoms with Gasteiger partial charge in [-0.25, -0.2) is 0 Å². The van der Waals surface area contributed by atoms with Crippen molar-refractivity contribution in [2.75, 3.05) is 11.4 Å². The van der Waals surface area contributed by atoms with Crippen LogP contribution in [0.5, 0.6) is 0 Å². The summed E-state index contributed by atoms with van der Waals surface area (Å²) in [6.45, 7) is 4.49. The van der Waals surface area contributed by atoms with Crippen molar-refractivity contribution in [2.45, 2.75) is 26.3 Å². The molecular weight excluding hydrogens is 300 g/mol. The molecule has 1 fully saturated rings. The largest absolute Gasteiger partial charge is 0.340 e. The zero-order valence-electron chi connectivity index (χ0n) is 12.8. The molecule has 1 aliphatic heterocycles. The van der Waals surface area contributed by atoms with Crippen molar-refractivity contribution in [3.05, 3.63) is 33.8 Å². The molecule has 1 atom stereocenters. The Kier molecular flexibility index (Phi) is 3.74. The summed E-state index contributed by atoms with van der Waals surface area (Å²) in [4.78, 5) is 28.5. The molecule has 6 nitrogen and oxygen atoms in total. The zero-order valence-corrected chi connectivity index (χ0v) is 13.6. The number of anilines is 1. The molecule has 0 bridgehead atoms. The minimum Gasteiger partial charge on any atom is -0.340 e. The second-order valence-electron chi connectivity index (χ2n) is 5.50.